The third-order valence-corrected chi connectivity index (χ3v) is 5.23. The molecule has 4 nitrogen and oxygen atoms in total. The lowest BCUT2D eigenvalue weighted by Gasteiger charge is -2.27. The lowest BCUT2D eigenvalue weighted by molar-refractivity contribution is -0.128. The van der Waals surface area contributed by atoms with Gasteiger partial charge < -0.3 is 10.6 Å². The van der Waals surface area contributed by atoms with Gasteiger partial charge >= 0.3 is 0 Å². The predicted molar refractivity (Wildman–Crippen MR) is 95.8 cm³/mol. The smallest absolute Gasteiger partial charge is 0.227 e. The maximum absolute atomic E-state index is 12.6. The van der Waals surface area contributed by atoms with E-state index in [2.05, 4.69) is 30.5 Å². The normalized spacial score (nSPS) is 23.8. The molecule has 2 fully saturated rings. The van der Waals surface area contributed by atoms with Gasteiger partial charge in [0, 0.05) is 23.6 Å². The van der Waals surface area contributed by atoms with E-state index in [1.807, 2.05) is 18.2 Å². The average molecular weight is 328 g/mol. The Balaban J connectivity index is 1.53. The highest BCUT2D eigenvalue weighted by molar-refractivity contribution is 5.93. The van der Waals surface area contributed by atoms with Gasteiger partial charge in [-0.3, -0.25) is 9.59 Å². The number of nitrogens with one attached hydrogen (secondary N) is 2. The van der Waals surface area contributed by atoms with Crippen LogP contribution in [-0.2, 0) is 9.59 Å². The van der Waals surface area contributed by atoms with Crippen molar-refractivity contribution < 1.29 is 9.59 Å². The summed E-state index contributed by atoms with van der Waals surface area (Å²) in [4.78, 5) is 24.7. The first kappa shape index (κ1) is 17.0. The van der Waals surface area contributed by atoms with Gasteiger partial charge in [0.2, 0.25) is 11.8 Å². The van der Waals surface area contributed by atoms with Gasteiger partial charge in [0.15, 0.2) is 0 Å². The zero-order valence-corrected chi connectivity index (χ0v) is 14.7. The van der Waals surface area contributed by atoms with Crippen molar-refractivity contribution in [2.24, 2.45) is 11.8 Å². The van der Waals surface area contributed by atoms with Gasteiger partial charge in [-0.15, -0.1) is 0 Å². The molecule has 0 radical (unpaired) electrons. The standard InChI is InChI=1S/C20H28N2O2/c1-13(2)17-5-3-4-6-18(17)22-20(24)15-9-7-14(8-10-15)19(23)21-16-11-12-16/h3-6,13-16H,7-12H2,1-2H3,(H,21,23)(H,22,24). The largest absolute Gasteiger partial charge is 0.353 e. The molecule has 2 saturated carbocycles. The Hall–Kier alpha value is -1.84. The van der Waals surface area contributed by atoms with Crippen molar-refractivity contribution >= 4 is 17.5 Å². The first-order valence-corrected chi connectivity index (χ1v) is 9.24. The van der Waals surface area contributed by atoms with E-state index in [4.69, 9.17) is 0 Å². The topological polar surface area (TPSA) is 58.2 Å². The molecule has 1 aromatic rings. The Kier molecular flexibility index (Phi) is 5.22. The highest BCUT2D eigenvalue weighted by Gasteiger charge is 2.32. The van der Waals surface area contributed by atoms with Crippen LogP contribution in [0.3, 0.4) is 0 Å². The summed E-state index contributed by atoms with van der Waals surface area (Å²) in [6.45, 7) is 4.27. The molecule has 2 aliphatic rings. The molecule has 0 spiro atoms. The van der Waals surface area contributed by atoms with Crippen LogP contribution in [0.15, 0.2) is 24.3 Å². The second-order valence-electron chi connectivity index (χ2n) is 7.56. The average Bonchev–Trinajstić information content (AvgIpc) is 3.39. The minimum atomic E-state index is 0.0233. The van der Waals surface area contributed by atoms with Crippen molar-refractivity contribution in [3.8, 4) is 0 Å². The molecule has 0 aromatic heterocycles. The summed E-state index contributed by atoms with van der Waals surface area (Å²) in [6, 6.07) is 8.43. The molecule has 3 rings (SSSR count). The monoisotopic (exact) mass is 328 g/mol. The van der Waals surface area contributed by atoms with Crippen molar-refractivity contribution in [3.63, 3.8) is 0 Å². The van der Waals surface area contributed by atoms with E-state index >= 15 is 0 Å². The summed E-state index contributed by atoms with van der Waals surface area (Å²) in [6.07, 6.45) is 5.50. The number of amides is 2. The van der Waals surface area contributed by atoms with Crippen molar-refractivity contribution in [2.45, 2.75) is 64.3 Å². The zero-order valence-electron chi connectivity index (χ0n) is 14.7. The molecule has 0 bridgehead atoms. The lowest BCUT2D eigenvalue weighted by atomic mass is 9.81. The van der Waals surface area contributed by atoms with Crippen LogP contribution in [0.5, 0.6) is 0 Å². The number of rotatable bonds is 5. The number of benzene rings is 1. The van der Waals surface area contributed by atoms with Gasteiger partial charge in [0.1, 0.15) is 0 Å². The lowest BCUT2D eigenvalue weighted by Crippen LogP contribution is -2.36. The highest BCUT2D eigenvalue weighted by atomic mass is 16.2. The van der Waals surface area contributed by atoms with Gasteiger partial charge in [-0.2, -0.15) is 0 Å². The summed E-state index contributed by atoms with van der Waals surface area (Å²) >= 11 is 0. The maximum atomic E-state index is 12.6. The van der Waals surface area contributed by atoms with Crippen LogP contribution in [0.4, 0.5) is 5.69 Å². The van der Waals surface area contributed by atoms with Crippen LogP contribution in [0.1, 0.15) is 63.9 Å². The Morgan fingerprint density at radius 1 is 0.917 bits per heavy atom. The molecule has 0 saturated heterocycles. The van der Waals surface area contributed by atoms with Gasteiger partial charge in [-0.05, 0) is 56.1 Å². The van der Waals surface area contributed by atoms with Crippen molar-refractivity contribution in [3.05, 3.63) is 29.8 Å². The van der Waals surface area contributed by atoms with Gasteiger partial charge in [0.25, 0.3) is 0 Å². The minimum Gasteiger partial charge on any atom is -0.353 e. The third kappa shape index (κ3) is 4.16. The van der Waals surface area contributed by atoms with E-state index in [-0.39, 0.29) is 23.7 Å². The number of hydrogen-bond acceptors (Lipinski definition) is 2. The first-order chi connectivity index (χ1) is 11.5. The van der Waals surface area contributed by atoms with Gasteiger partial charge in [-0.1, -0.05) is 32.0 Å². The summed E-state index contributed by atoms with van der Waals surface area (Å²) in [5.41, 5.74) is 2.09. The second kappa shape index (κ2) is 7.37. The fourth-order valence-corrected chi connectivity index (χ4v) is 3.51. The summed E-state index contributed by atoms with van der Waals surface area (Å²) in [5.74, 6) is 0.793. The molecule has 2 amide bonds. The third-order valence-electron chi connectivity index (χ3n) is 5.23. The molecule has 2 aliphatic carbocycles. The van der Waals surface area contributed by atoms with Crippen LogP contribution in [0.2, 0.25) is 0 Å². The first-order valence-electron chi connectivity index (χ1n) is 9.24. The quantitative estimate of drug-likeness (QED) is 0.863. The number of carbonyl (C=O) groups excluding carboxylic acids is 2. The van der Waals surface area contributed by atoms with E-state index in [1.54, 1.807) is 0 Å². The van der Waals surface area contributed by atoms with Crippen LogP contribution >= 0.6 is 0 Å². The summed E-state index contributed by atoms with van der Waals surface area (Å²) in [7, 11) is 0. The van der Waals surface area contributed by atoms with Gasteiger partial charge in [-0.25, -0.2) is 0 Å². The molecule has 0 unspecified atom stereocenters. The van der Waals surface area contributed by atoms with E-state index in [9.17, 15) is 9.59 Å². The van der Waals surface area contributed by atoms with E-state index in [1.165, 1.54) is 5.56 Å². The van der Waals surface area contributed by atoms with Crippen molar-refractivity contribution in [1.82, 2.24) is 5.32 Å². The maximum Gasteiger partial charge on any atom is 0.227 e. The van der Waals surface area contributed by atoms with E-state index in [0.717, 1.165) is 44.2 Å². The molecule has 4 heteroatoms. The SMILES string of the molecule is CC(C)c1ccccc1NC(=O)C1CCC(C(=O)NC2CC2)CC1. The Morgan fingerprint density at radius 2 is 1.50 bits per heavy atom. The van der Waals surface area contributed by atoms with Crippen LogP contribution < -0.4 is 10.6 Å². The van der Waals surface area contributed by atoms with Gasteiger partial charge in [0.05, 0.1) is 0 Å². The molecule has 0 heterocycles. The Labute approximate surface area is 144 Å². The molecule has 0 atom stereocenters. The Bertz CT molecular complexity index is 599. The van der Waals surface area contributed by atoms with Crippen molar-refractivity contribution in [1.29, 1.82) is 0 Å². The van der Waals surface area contributed by atoms with E-state index in [0.29, 0.717) is 12.0 Å². The number of para-hydroxylation sites is 1. The molecular formula is C20H28N2O2. The number of hydrogen-bond donors (Lipinski definition) is 2. The fourth-order valence-electron chi connectivity index (χ4n) is 3.51. The highest BCUT2D eigenvalue weighted by Crippen LogP contribution is 2.32. The molecule has 130 valence electrons. The molecule has 1 aromatic carbocycles. The molecular weight excluding hydrogens is 300 g/mol. The van der Waals surface area contributed by atoms with Crippen LogP contribution in [0.25, 0.3) is 0 Å². The predicted octanol–water partition coefficient (Wildman–Crippen LogP) is 3.83. The fraction of sp³-hybridized carbons (Fsp3) is 0.600. The second-order valence-corrected chi connectivity index (χ2v) is 7.56. The van der Waals surface area contributed by atoms with Crippen LogP contribution in [0, 0.1) is 11.8 Å². The van der Waals surface area contributed by atoms with Crippen LogP contribution in [-0.4, -0.2) is 17.9 Å². The van der Waals surface area contributed by atoms with Crippen molar-refractivity contribution in [2.75, 3.05) is 5.32 Å². The molecule has 0 aliphatic heterocycles. The molecule has 2 N–H and O–H groups in total. The Morgan fingerprint density at radius 3 is 2.08 bits per heavy atom. The zero-order chi connectivity index (χ0) is 17.1. The summed E-state index contributed by atoms with van der Waals surface area (Å²) in [5, 5.41) is 6.20. The van der Waals surface area contributed by atoms with E-state index < -0.39 is 0 Å². The molecule has 24 heavy (non-hydrogen) atoms. The minimum absolute atomic E-state index is 0.0233. The summed E-state index contributed by atoms with van der Waals surface area (Å²) < 4.78 is 0. The number of carbonyl (C=O) groups is 2. The number of anilines is 1.